The van der Waals surface area contributed by atoms with E-state index in [1.165, 1.54) is 16.7 Å². The van der Waals surface area contributed by atoms with Crippen molar-refractivity contribution in [3.8, 4) is 0 Å². The first-order valence-corrected chi connectivity index (χ1v) is 8.30. The highest BCUT2D eigenvalue weighted by molar-refractivity contribution is 5.33. The van der Waals surface area contributed by atoms with E-state index in [2.05, 4.69) is 73.6 Å². The van der Waals surface area contributed by atoms with Crippen molar-refractivity contribution in [2.75, 3.05) is 20.7 Å². The van der Waals surface area contributed by atoms with E-state index in [-0.39, 0.29) is 24.4 Å². The molecule has 0 aromatic heterocycles. The largest absolute Gasteiger partial charge is 0.352 e. The average molecular weight is 309 g/mol. The smallest absolute Gasteiger partial charge is 0.162 e. The van der Waals surface area contributed by atoms with Crippen LogP contribution in [0.3, 0.4) is 0 Å². The summed E-state index contributed by atoms with van der Waals surface area (Å²) in [5, 5.41) is 0. The lowest BCUT2D eigenvalue weighted by atomic mass is 9.81. The molecule has 0 amide bonds. The Kier molecular flexibility index (Phi) is 3.93. The number of fused-ring (bicyclic) bond motifs is 4. The van der Waals surface area contributed by atoms with Gasteiger partial charge in [-0.3, -0.25) is 0 Å². The maximum atomic E-state index is 6.27. The maximum absolute atomic E-state index is 6.27. The molecule has 2 heterocycles. The van der Waals surface area contributed by atoms with E-state index < -0.39 is 0 Å². The van der Waals surface area contributed by atoms with Crippen molar-refractivity contribution >= 4 is 0 Å². The first kappa shape index (κ1) is 14.9. The normalized spacial score (nSPS) is 27.5. The number of ether oxygens (including phenoxy) is 2. The third-order valence-corrected chi connectivity index (χ3v) is 5.01. The topological polar surface area (TPSA) is 21.7 Å². The quantitative estimate of drug-likeness (QED) is 0.865. The van der Waals surface area contributed by atoms with Gasteiger partial charge < -0.3 is 14.4 Å². The summed E-state index contributed by atoms with van der Waals surface area (Å²) >= 11 is 0. The van der Waals surface area contributed by atoms with Crippen LogP contribution in [-0.2, 0) is 15.9 Å². The van der Waals surface area contributed by atoms with Crippen LogP contribution in [0.15, 0.2) is 54.6 Å². The van der Waals surface area contributed by atoms with Crippen molar-refractivity contribution in [2.45, 2.75) is 24.9 Å². The fourth-order valence-electron chi connectivity index (χ4n) is 4.03. The van der Waals surface area contributed by atoms with E-state index >= 15 is 0 Å². The lowest BCUT2D eigenvalue weighted by molar-refractivity contribution is -0.254. The zero-order valence-corrected chi connectivity index (χ0v) is 13.7. The minimum Gasteiger partial charge on any atom is -0.352 e. The predicted molar refractivity (Wildman–Crippen MR) is 90.1 cm³/mol. The van der Waals surface area contributed by atoms with Crippen LogP contribution in [0.25, 0.3) is 0 Å². The summed E-state index contributed by atoms with van der Waals surface area (Å²) in [4.78, 5) is 2.28. The lowest BCUT2D eigenvalue weighted by Gasteiger charge is -2.46. The van der Waals surface area contributed by atoms with Gasteiger partial charge in [-0.15, -0.1) is 0 Å². The molecule has 3 heteroatoms. The Morgan fingerprint density at radius 1 is 1.00 bits per heavy atom. The van der Waals surface area contributed by atoms with Crippen LogP contribution < -0.4 is 0 Å². The minimum atomic E-state index is -0.0928. The monoisotopic (exact) mass is 309 g/mol. The Hall–Kier alpha value is -1.68. The van der Waals surface area contributed by atoms with Gasteiger partial charge in [0.05, 0.1) is 12.7 Å². The molecule has 1 fully saturated rings. The molecule has 0 saturated carbocycles. The van der Waals surface area contributed by atoms with Gasteiger partial charge >= 0.3 is 0 Å². The summed E-state index contributed by atoms with van der Waals surface area (Å²) in [6.07, 6.45) is 0.869. The number of nitrogens with zero attached hydrogens (tertiary/aromatic N) is 1. The minimum absolute atomic E-state index is 0.0928. The molecule has 0 spiro atoms. The SMILES string of the molecule is CN(C)[C@@H](c1ccccc1)[C@H]1CO[C@H]2Cc3ccccc3[C@@H]1O2. The van der Waals surface area contributed by atoms with Crippen LogP contribution >= 0.6 is 0 Å². The second-order valence-corrected chi connectivity index (χ2v) is 6.71. The average Bonchev–Trinajstić information content (AvgIpc) is 2.58. The molecule has 4 atom stereocenters. The molecule has 0 radical (unpaired) electrons. The van der Waals surface area contributed by atoms with Crippen molar-refractivity contribution in [3.63, 3.8) is 0 Å². The highest BCUT2D eigenvalue weighted by atomic mass is 16.7. The van der Waals surface area contributed by atoms with Gasteiger partial charge in [-0.1, -0.05) is 54.6 Å². The third kappa shape index (κ3) is 2.69. The fourth-order valence-corrected chi connectivity index (χ4v) is 4.03. The van der Waals surface area contributed by atoms with Gasteiger partial charge in [-0.05, 0) is 30.8 Å². The van der Waals surface area contributed by atoms with Crippen LogP contribution in [0.4, 0.5) is 0 Å². The van der Waals surface area contributed by atoms with E-state index in [1.807, 2.05) is 0 Å². The van der Waals surface area contributed by atoms with Gasteiger partial charge in [0.25, 0.3) is 0 Å². The number of benzene rings is 2. The van der Waals surface area contributed by atoms with Crippen molar-refractivity contribution in [2.24, 2.45) is 5.92 Å². The molecular weight excluding hydrogens is 286 g/mol. The van der Waals surface area contributed by atoms with Gasteiger partial charge in [0.1, 0.15) is 0 Å². The second-order valence-electron chi connectivity index (χ2n) is 6.71. The van der Waals surface area contributed by atoms with E-state index in [0.29, 0.717) is 0 Å². The van der Waals surface area contributed by atoms with E-state index in [0.717, 1.165) is 13.0 Å². The first-order valence-electron chi connectivity index (χ1n) is 8.30. The number of hydrogen-bond acceptors (Lipinski definition) is 3. The molecule has 0 unspecified atom stereocenters. The predicted octanol–water partition coefficient (Wildman–Crippen LogP) is 3.58. The van der Waals surface area contributed by atoms with Crippen LogP contribution in [0, 0.1) is 5.92 Å². The van der Waals surface area contributed by atoms with Crippen LogP contribution in [0.1, 0.15) is 28.8 Å². The summed E-state index contributed by atoms with van der Waals surface area (Å²) in [6, 6.07) is 19.6. The highest BCUT2D eigenvalue weighted by Gasteiger charge is 2.42. The second kappa shape index (κ2) is 6.08. The number of rotatable bonds is 3. The van der Waals surface area contributed by atoms with E-state index in [9.17, 15) is 0 Å². The van der Waals surface area contributed by atoms with Gasteiger partial charge in [0, 0.05) is 18.4 Å². The highest BCUT2D eigenvalue weighted by Crippen LogP contribution is 2.45. The van der Waals surface area contributed by atoms with Gasteiger partial charge in [-0.2, -0.15) is 0 Å². The first-order chi connectivity index (χ1) is 11.2. The Bertz CT molecular complexity index is 670. The molecule has 2 bridgehead atoms. The molecule has 0 N–H and O–H groups in total. The molecule has 4 rings (SSSR count). The standard InChI is InChI=1S/C20H23NO2/c1-21(2)19(14-8-4-3-5-9-14)17-13-22-18-12-15-10-6-7-11-16(15)20(17)23-18/h3-11,17-20H,12-13H2,1-2H3/t17-,18-,19+,20+/m1/s1. The molecule has 120 valence electrons. The van der Waals surface area contributed by atoms with Crippen molar-refractivity contribution in [3.05, 3.63) is 71.3 Å². The molecule has 0 aliphatic carbocycles. The Balaban J connectivity index is 1.74. The van der Waals surface area contributed by atoms with Gasteiger partial charge in [0.2, 0.25) is 0 Å². The van der Waals surface area contributed by atoms with Crippen molar-refractivity contribution in [1.29, 1.82) is 0 Å². The molecule has 2 aliphatic heterocycles. The van der Waals surface area contributed by atoms with Crippen LogP contribution in [0.5, 0.6) is 0 Å². The molecule has 1 saturated heterocycles. The molecule has 2 aliphatic rings. The van der Waals surface area contributed by atoms with E-state index in [1.54, 1.807) is 0 Å². The van der Waals surface area contributed by atoms with E-state index in [4.69, 9.17) is 9.47 Å². The fraction of sp³-hybridized carbons (Fsp3) is 0.400. The van der Waals surface area contributed by atoms with Gasteiger partial charge in [0.15, 0.2) is 6.29 Å². The molecule has 3 nitrogen and oxygen atoms in total. The molecule has 23 heavy (non-hydrogen) atoms. The zero-order chi connectivity index (χ0) is 15.8. The van der Waals surface area contributed by atoms with Gasteiger partial charge in [-0.25, -0.2) is 0 Å². The molecular formula is C20H23NO2. The van der Waals surface area contributed by atoms with Crippen molar-refractivity contribution in [1.82, 2.24) is 4.90 Å². The van der Waals surface area contributed by atoms with Crippen LogP contribution in [0.2, 0.25) is 0 Å². The third-order valence-electron chi connectivity index (χ3n) is 5.01. The Labute approximate surface area is 137 Å². The molecule has 2 aromatic rings. The molecule has 2 aromatic carbocycles. The number of hydrogen-bond donors (Lipinski definition) is 0. The Morgan fingerprint density at radius 3 is 2.52 bits per heavy atom. The lowest BCUT2D eigenvalue weighted by Crippen LogP contribution is -2.45. The van der Waals surface area contributed by atoms with Crippen molar-refractivity contribution < 1.29 is 9.47 Å². The summed E-state index contributed by atoms with van der Waals surface area (Å²) in [6.45, 7) is 0.738. The van der Waals surface area contributed by atoms with Crippen LogP contribution in [-0.4, -0.2) is 31.9 Å². The summed E-state index contributed by atoms with van der Waals surface area (Å²) in [5.74, 6) is 0.282. The summed E-state index contributed by atoms with van der Waals surface area (Å²) in [5.41, 5.74) is 4.01. The summed E-state index contributed by atoms with van der Waals surface area (Å²) in [7, 11) is 4.27. The maximum Gasteiger partial charge on any atom is 0.162 e. The Morgan fingerprint density at radius 2 is 1.74 bits per heavy atom. The summed E-state index contributed by atoms with van der Waals surface area (Å²) < 4.78 is 12.3. The zero-order valence-electron chi connectivity index (χ0n) is 13.7.